The van der Waals surface area contributed by atoms with Crippen LogP contribution in [-0.4, -0.2) is 70.0 Å². The van der Waals surface area contributed by atoms with Gasteiger partial charge >= 0.3 is 0 Å². The Morgan fingerprint density at radius 3 is 2.86 bits per heavy atom. The van der Waals surface area contributed by atoms with Crippen molar-refractivity contribution in [2.75, 3.05) is 33.2 Å². The number of carbonyl (C=O) groups excluding carboxylic acids is 1. The number of hydrogen-bond donors (Lipinski definition) is 2. The zero-order valence-corrected chi connectivity index (χ0v) is 12.8. The van der Waals surface area contributed by atoms with Crippen LogP contribution in [0.1, 0.15) is 30.3 Å². The van der Waals surface area contributed by atoms with Gasteiger partial charge in [0.2, 0.25) is 0 Å². The van der Waals surface area contributed by atoms with Crippen molar-refractivity contribution in [2.45, 2.75) is 32.4 Å². The van der Waals surface area contributed by atoms with Gasteiger partial charge in [-0.05, 0) is 39.5 Å². The highest BCUT2D eigenvalue weighted by atomic mass is 16.2. The van der Waals surface area contributed by atoms with Crippen molar-refractivity contribution >= 4 is 5.91 Å². The Labute approximate surface area is 125 Å². The summed E-state index contributed by atoms with van der Waals surface area (Å²) in [6, 6.07) is 0.628. The normalized spacial score (nSPS) is 17.3. The average Bonchev–Trinajstić information content (AvgIpc) is 3.01. The van der Waals surface area contributed by atoms with Crippen LogP contribution in [0.25, 0.3) is 0 Å². The van der Waals surface area contributed by atoms with E-state index in [1.54, 1.807) is 10.9 Å². The third kappa shape index (κ3) is 4.23. The first-order chi connectivity index (χ1) is 10.1. The first-order valence-corrected chi connectivity index (χ1v) is 7.47. The second-order valence-corrected chi connectivity index (χ2v) is 5.49. The van der Waals surface area contributed by atoms with Crippen molar-refractivity contribution in [1.29, 1.82) is 0 Å². The van der Waals surface area contributed by atoms with Gasteiger partial charge in [0.1, 0.15) is 0 Å². The van der Waals surface area contributed by atoms with Crippen LogP contribution in [-0.2, 0) is 6.54 Å². The predicted octanol–water partition coefficient (Wildman–Crippen LogP) is -0.702. The summed E-state index contributed by atoms with van der Waals surface area (Å²) in [6.07, 6.45) is 4.04. The monoisotopic (exact) mass is 295 g/mol. The molecule has 1 aliphatic rings. The maximum Gasteiger partial charge on any atom is 0.287 e. The van der Waals surface area contributed by atoms with E-state index in [0.29, 0.717) is 6.04 Å². The van der Waals surface area contributed by atoms with E-state index in [1.165, 1.54) is 25.9 Å². The van der Waals surface area contributed by atoms with Gasteiger partial charge in [0.25, 0.3) is 5.91 Å². The van der Waals surface area contributed by atoms with E-state index < -0.39 is 5.91 Å². The lowest BCUT2D eigenvalue weighted by atomic mass is 10.0. The predicted molar refractivity (Wildman–Crippen MR) is 79.4 cm³/mol. The summed E-state index contributed by atoms with van der Waals surface area (Å²) in [4.78, 5) is 16.2. The van der Waals surface area contributed by atoms with Crippen LogP contribution in [0.5, 0.6) is 0 Å². The summed E-state index contributed by atoms with van der Waals surface area (Å²) >= 11 is 0. The van der Waals surface area contributed by atoms with Gasteiger partial charge in [0, 0.05) is 12.6 Å². The summed E-state index contributed by atoms with van der Waals surface area (Å²) in [5.74, 6) is 4.65. The molecule has 0 radical (unpaired) electrons. The van der Waals surface area contributed by atoms with Crippen LogP contribution in [0.2, 0.25) is 0 Å². The van der Waals surface area contributed by atoms with Crippen LogP contribution in [0.4, 0.5) is 0 Å². The minimum atomic E-state index is -0.415. The highest BCUT2D eigenvalue weighted by molar-refractivity contribution is 5.91. The molecule has 0 unspecified atom stereocenters. The van der Waals surface area contributed by atoms with Gasteiger partial charge in [-0.15, -0.1) is 5.10 Å². The van der Waals surface area contributed by atoms with Crippen LogP contribution >= 0.6 is 0 Å². The molecule has 1 fully saturated rings. The molecule has 21 heavy (non-hydrogen) atoms. The molecular formula is C13H25N7O. The van der Waals surface area contributed by atoms with Gasteiger partial charge in [-0.25, -0.2) is 5.84 Å². The zero-order chi connectivity index (χ0) is 15.2. The lowest BCUT2D eigenvalue weighted by Crippen LogP contribution is -2.44. The fourth-order valence-corrected chi connectivity index (χ4v) is 2.70. The molecule has 0 spiro atoms. The van der Waals surface area contributed by atoms with Gasteiger partial charge in [-0.1, -0.05) is 12.1 Å². The fraction of sp³-hybridized carbons (Fsp3) is 0.769. The molecule has 0 saturated carbocycles. The van der Waals surface area contributed by atoms with Crippen molar-refractivity contribution in [1.82, 2.24) is 30.2 Å². The summed E-state index contributed by atoms with van der Waals surface area (Å²) in [6.45, 7) is 7.32. The maximum absolute atomic E-state index is 11.3. The molecule has 0 bridgehead atoms. The highest BCUT2D eigenvalue weighted by Crippen LogP contribution is 2.14. The number of piperidine rings is 1. The highest BCUT2D eigenvalue weighted by Gasteiger charge is 2.21. The first kappa shape index (κ1) is 15.9. The van der Waals surface area contributed by atoms with E-state index in [1.807, 2.05) is 0 Å². The number of carbonyl (C=O) groups is 1. The molecule has 2 heterocycles. The largest absolute Gasteiger partial charge is 0.303 e. The lowest BCUT2D eigenvalue weighted by Gasteiger charge is -2.36. The summed E-state index contributed by atoms with van der Waals surface area (Å²) < 4.78 is 1.68. The van der Waals surface area contributed by atoms with Crippen molar-refractivity contribution in [2.24, 2.45) is 5.84 Å². The van der Waals surface area contributed by atoms with E-state index in [-0.39, 0.29) is 5.69 Å². The summed E-state index contributed by atoms with van der Waals surface area (Å²) in [5, 5.41) is 7.74. The Bertz CT molecular complexity index is 453. The van der Waals surface area contributed by atoms with Gasteiger partial charge in [0.05, 0.1) is 12.7 Å². The number of nitrogens with one attached hydrogen (secondary N) is 1. The van der Waals surface area contributed by atoms with Crippen LogP contribution in [0, 0.1) is 0 Å². The molecule has 1 aromatic rings. The number of likely N-dealkylation sites (tertiary alicyclic amines) is 1. The second-order valence-electron chi connectivity index (χ2n) is 5.49. The molecule has 2 rings (SSSR count). The van der Waals surface area contributed by atoms with Crippen molar-refractivity contribution in [3.8, 4) is 0 Å². The molecule has 8 nitrogen and oxygen atoms in total. The molecule has 8 heteroatoms. The van der Waals surface area contributed by atoms with E-state index >= 15 is 0 Å². The molecular weight excluding hydrogens is 270 g/mol. The number of rotatable bonds is 6. The number of hydrazine groups is 1. The van der Waals surface area contributed by atoms with Gasteiger partial charge in [-0.3, -0.25) is 14.9 Å². The molecule has 1 aromatic heterocycles. The second kappa shape index (κ2) is 7.48. The molecule has 118 valence electrons. The summed E-state index contributed by atoms with van der Waals surface area (Å²) in [7, 11) is 2.15. The minimum Gasteiger partial charge on any atom is -0.303 e. The third-order valence-corrected chi connectivity index (χ3v) is 4.21. The number of nitrogen functional groups attached to an aromatic ring is 1. The Hall–Kier alpha value is -1.51. The van der Waals surface area contributed by atoms with Gasteiger partial charge in [-0.2, -0.15) is 0 Å². The molecule has 0 aliphatic carbocycles. The third-order valence-electron chi connectivity index (χ3n) is 4.21. The molecule has 0 aromatic carbocycles. The number of amides is 1. The molecule has 1 amide bonds. The van der Waals surface area contributed by atoms with Crippen molar-refractivity contribution in [3.63, 3.8) is 0 Å². The fourth-order valence-electron chi connectivity index (χ4n) is 2.70. The minimum absolute atomic E-state index is 0.247. The Kier molecular flexibility index (Phi) is 5.66. The molecule has 0 atom stereocenters. The molecule has 3 N–H and O–H groups in total. The van der Waals surface area contributed by atoms with Crippen LogP contribution in [0.15, 0.2) is 6.20 Å². The number of hydrogen-bond acceptors (Lipinski definition) is 6. The van der Waals surface area contributed by atoms with Crippen molar-refractivity contribution < 1.29 is 4.79 Å². The van der Waals surface area contributed by atoms with Crippen molar-refractivity contribution in [3.05, 3.63) is 11.9 Å². The number of aromatic nitrogens is 3. The van der Waals surface area contributed by atoms with E-state index in [4.69, 9.17) is 5.84 Å². The molecule has 1 saturated heterocycles. The van der Waals surface area contributed by atoms with Gasteiger partial charge in [0.15, 0.2) is 5.69 Å². The Morgan fingerprint density at radius 2 is 2.24 bits per heavy atom. The summed E-state index contributed by atoms with van der Waals surface area (Å²) in [5.41, 5.74) is 2.30. The first-order valence-electron chi connectivity index (χ1n) is 7.47. The van der Waals surface area contributed by atoms with Gasteiger partial charge < -0.3 is 9.80 Å². The zero-order valence-electron chi connectivity index (χ0n) is 12.8. The number of nitrogens with two attached hydrogens (primary N) is 1. The van der Waals surface area contributed by atoms with E-state index in [2.05, 4.69) is 39.5 Å². The topological polar surface area (TPSA) is 92.3 Å². The standard InChI is InChI=1S/C13H25N7O/c1-3-19-6-4-11(5-7-19)18(2)8-9-20-10-12(16-17-20)13(21)15-14/h10-11H,3-9,14H2,1-2H3,(H,15,21). The lowest BCUT2D eigenvalue weighted by molar-refractivity contribution is 0.0948. The average molecular weight is 295 g/mol. The molecule has 1 aliphatic heterocycles. The van der Waals surface area contributed by atoms with E-state index in [9.17, 15) is 4.79 Å². The number of nitrogens with zero attached hydrogens (tertiary/aromatic N) is 5. The van der Waals surface area contributed by atoms with E-state index in [0.717, 1.165) is 19.6 Å². The SMILES string of the molecule is CCN1CCC(N(C)CCn2cc(C(=O)NN)nn2)CC1. The smallest absolute Gasteiger partial charge is 0.287 e. The Morgan fingerprint density at radius 1 is 1.52 bits per heavy atom. The maximum atomic E-state index is 11.3. The van der Waals surface area contributed by atoms with Crippen LogP contribution in [0.3, 0.4) is 0 Å². The number of likely N-dealkylation sites (N-methyl/N-ethyl adjacent to an activating group) is 1. The van der Waals surface area contributed by atoms with Crippen LogP contribution < -0.4 is 11.3 Å². The Balaban J connectivity index is 1.77. The quantitative estimate of drug-likeness (QED) is 0.409.